The fraction of sp³-hybridized carbons (Fsp3) is 0.286. The Kier molecular flexibility index (Phi) is 3.79. The summed E-state index contributed by atoms with van der Waals surface area (Å²) in [5.41, 5.74) is 0.544. The van der Waals surface area contributed by atoms with Crippen molar-refractivity contribution >= 4 is 29.2 Å². The Morgan fingerprint density at radius 2 is 2.33 bits per heavy atom. The van der Waals surface area contributed by atoms with Crippen LogP contribution in [-0.4, -0.2) is 22.9 Å². The van der Waals surface area contributed by atoms with Gasteiger partial charge in [0, 0.05) is 16.7 Å². The Labute approximate surface area is 79.7 Å². The summed E-state index contributed by atoms with van der Waals surface area (Å²) < 4.78 is 12.1. The van der Waals surface area contributed by atoms with E-state index in [0.717, 1.165) is 4.47 Å². The summed E-state index contributed by atoms with van der Waals surface area (Å²) in [6, 6.07) is 3.48. The van der Waals surface area contributed by atoms with Gasteiger partial charge in [-0.15, -0.1) is 0 Å². The van der Waals surface area contributed by atoms with E-state index < -0.39 is 7.80 Å². The summed E-state index contributed by atoms with van der Waals surface area (Å²) in [4.78, 5) is 3.96. The summed E-state index contributed by atoms with van der Waals surface area (Å²) in [6.07, 6.45) is 1.88. The maximum absolute atomic E-state index is 11.3. The maximum Gasteiger partial charge on any atom is 0.399 e. The van der Waals surface area contributed by atoms with E-state index in [1.807, 2.05) is 0 Å². The molecule has 0 saturated heterocycles. The van der Waals surface area contributed by atoms with Crippen LogP contribution >= 0.6 is 23.7 Å². The molecule has 0 spiro atoms. The molecule has 12 heavy (non-hydrogen) atoms. The summed E-state index contributed by atoms with van der Waals surface area (Å²) in [5, 5.41) is 8.53. The molecule has 3 nitrogen and oxygen atoms in total. The van der Waals surface area contributed by atoms with Gasteiger partial charge in [0.05, 0.1) is 6.61 Å². The van der Waals surface area contributed by atoms with Crippen LogP contribution in [0.3, 0.4) is 0 Å². The highest BCUT2D eigenvalue weighted by atomic mass is 79.9. The van der Waals surface area contributed by atoms with Crippen molar-refractivity contribution in [2.45, 2.75) is 0 Å². The van der Waals surface area contributed by atoms with Crippen molar-refractivity contribution in [2.75, 3.05) is 12.8 Å². The van der Waals surface area contributed by atoms with Crippen LogP contribution in [-0.2, 0) is 4.57 Å². The highest BCUT2D eigenvalue weighted by Crippen LogP contribution is 2.17. The Balaban J connectivity index is 2.75. The Morgan fingerprint density at radius 1 is 1.58 bits per heavy atom. The predicted octanol–water partition coefficient (Wildman–Crippen LogP) is 1.29. The number of aliphatic hydroxyl groups excluding tert-OH is 1. The van der Waals surface area contributed by atoms with Crippen LogP contribution in [0, 0.1) is 0 Å². The van der Waals surface area contributed by atoms with Crippen molar-refractivity contribution in [3.05, 3.63) is 22.8 Å². The van der Waals surface area contributed by atoms with Gasteiger partial charge in [0.2, 0.25) is 0 Å². The van der Waals surface area contributed by atoms with Crippen molar-refractivity contribution < 1.29 is 9.67 Å². The van der Waals surface area contributed by atoms with E-state index in [0.29, 0.717) is 5.44 Å². The van der Waals surface area contributed by atoms with Crippen molar-refractivity contribution in [1.82, 2.24) is 4.98 Å². The molecule has 0 aliphatic carbocycles. The first-order valence-corrected chi connectivity index (χ1v) is 5.65. The third-order valence-electron chi connectivity index (χ3n) is 1.27. The van der Waals surface area contributed by atoms with E-state index in [2.05, 4.69) is 20.9 Å². The Morgan fingerprint density at radius 3 is 2.83 bits per heavy atom. The van der Waals surface area contributed by atoms with E-state index in [4.69, 9.17) is 5.11 Å². The molecular formula is C7H8BrNO2P+. The number of halogens is 1. The molecule has 0 aliphatic rings. The minimum Gasteiger partial charge on any atom is -0.392 e. The lowest BCUT2D eigenvalue weighted by Gasteiger charge is -1.87. The summed E-state index contributed by atoms with van der Waals surface area (Å²) in [6.45, 7) is -0.0626. The van der Waals surface area contributed by atoms with Crippen molar-refractivity contribution in [3.63, 3.8) is 0 Å². The maximum atomic E-state index is 11.3. The lowest BCUT2D eigenvalue weighted by atomic mass is 10.5. The average Bonchev–Trinajstić information content (AvgIpc) is 2.06. The second-order valence-electron chi connectivity index (χ2n) is 2.16. The van der Waals surface area contributed by atoms with Crippen LogP contribution in [0.15, 0.2) is 22.8 Å². The zero-order chi connectivity index (χ0) is 8.97. The van der Waals surface area contributed by atoms with Crippen LogP contribution in [0.1, 0.15) is 0 Å². The largest absolute Gasteiger partial charge is 0.399 e. The van der Waals surface area contributed by atoms with Gasteiger partial charge in [-0.2, -0.15) is 0 Å². The summed E-state index contributed by atoms with van der Waals surface area (Å²) in [5.74, 6) is 0. The van der Waals surface area contributed by atoms with Gasteiger partial charge >= 0.3 is 7.80 Å². The zero-order valence-corrected chi connectivity index (χ0v) is 8.75. The van der Waals surface area contributed by atoms with Crippen LogP contribution in [0.25, 0.3) is 0 Å². The molecule has 1 aromatic rings. The van der Waals surface area contributed by atoms with E-state index >= 15 is 0 Å². The highest BCUT2D eigenvalue weighted by molar-refractivity contribution is 9.10. The lowest BCUT2D eigenvalue weighted by Crippen LogP contribution is -2.04. The van der Waals surface area contributed by atoms with Gasteiger partial charge in [-0.1, -0.05) is 4.57 Å². The first-order valence-electron chi connectivity index (χ1n) is 3.41. The normalized spacial score (nSPS) is 11.3. The second-order valence-corrected chi connectivity index (χ2v) is 4.74. The van der Waals surface area contributed by atoms with Crippen LogP contribution in [0.4, 0.5) is 0 Å². The van der Waals surface area contributed by atoms with Gasteiger partial charge in [0.15, 0.2) is 6.16 Å². The predicted molar refractivity (Wildman–Crippen MR) is 51.1 cm³/mol. The molecule has 0 saturated carbocycles. The first-order chi connectivity index (χ1) is 5.74. The number of aromatic nitrogens is 1. The van der Waals surface area contributed by atoms with Gasteiger partial charge in [0.25, 0.3) is 5.44 Å². The molecule has 1 rings (SSSR count). The molecule has 0 radical (unpaired) electrons. The molecule has 1 heterocycles. The van der Waals surface area contributed by atoms with Crippen LogP contribution < -0.4 is 5.44 Å². The van der Waals surface area contributed by atoms with E-state index in [1.165, 1.54) is 0 Å². The van der Waals surface area contributed by atoms with Gasteiger partial charge < -0.3 is 5.11 Å². The fourth-order valence-electron chi connectivity index (χ4n) is 0.721. The molecule has 1 atom stereocenters. The van der Waals surface area contributed by atoms with Gasteiger partial charge in [-0.05, 0) is 22.0 Å². The van der Waals surface area contributed by atoms with E-state index in [-0.39, 0.29) is 12.8 Å². The topological polar surface area (TPSA) is 50.2 Å². The first kappa shape index (κ1) is 9.78. The van der Waals surface area contributed by atoms with Crippen molar-refractivity contribution in [3.8, 4) is 0 Å². The number of nitrogens with zero attached hydrogens (tertiary/aromatic N) is 1. The monoisotopic (exact) mass is 248 g/mol. The molecule has 0 aliphatic heterocycles. The SMILES string of the molecule is O=[P+](CCO)c1ccc(Br)cn1. The van der Waals surface area contributed by atoms with Crippen LogP contribution in [0.5, 0.6) is 0 Å². The van der Waals surface area contributed by atoms with Gasteiger partial charge in [-0.3, -0.25) is 0 Å². The molecule has 1 N–H and O–H groups in total. The minimum atomic E-state index is -1.52. The summed E-state index contributed by atoms with van der Waals surface area (Å²) >= 11 is 3.23. The zero-order valence-electron chi connectivity index (χ0n) is 6.27. The fourth-order valence-corrected chi connectivity index (χ4v) is 1.79. The second kappa shape index (κ2) is 4.65. The Bertz CT molecular complexity index is 275. The molecule has 0 fully saturated rings. The van der Waals surface area contributed by atoms with E-state index in [9.17, 15) is 4.57 Å². The number of rotatable bonds is 3. The molecule has 0 aromatic carbocycles. The third-order valence-corrected chi connectivity index (χ3v) is 3.12. The quantitative estimate of drug-likeness (QED) is 0.821. The standard InChI is InChI=1S/C7H8BrNO2P/c8-6-1-2-7(9-5-6)12(11)4-3-10/h1-2,5,10H,3-4H2/q+1. The molecule has 1 unspecified atom stereocenters. The van der Waals surface area contributed by atoms with Gasteiger partial charge in [-0.25, -0.2) is 4.98 Å². The molecular weight excluding hydrogens is 241 g/mol. The molecule has 1 aromatic heterocycles. The molecule has 64 valence electrons. The average molecular weight is 249 g/mol. The number of hydrogen-bond acceptors (Lipinski definition) is 3. The van der Waals surface area contributed by atoms with Crippen molar-refractivity contribution in [1.29, 1.82) is 0 Å². The van der Waals surface area contributed by atoms with Crippen molar-refractivity contribution in [2.24, 2.45) is 0 Å². The Hall–Kier alpha value is -0.310. The van der Waals surface area contributed by atoms with E-state index in [1.54, 1.807) is 18.3 Å². The number of hydrogen-bond donors (Lipinski definition) is 1. The number of aliphatic hydroxyl groups is 1. The number of pyridine rings is 1. The minimum absolute atomic E-state index is 0.0626. The molecule has 0 amide bonds. The van der Waals surface area contributed by atoms with Gasteiger partial charge in [0.1, 0.15) is 0 Å². The third kappa shape index (κ3) is 2.63. The van der Waals surface area contributed by atoms with Crippen LogP contribution in [0.2, 0.25) is 0 Å². The highest BCUT2D eigenvalue weighted by Gasteiger charge is 2.19. The smallest absolute Gasteiger partial charge is 0.392 e. The molecule has 0 bridgehead atoms. The molecule has 5 heteroatoms. The summed E-state index contributed by atoms with van der Waals surface area (Å²) in [7, 11) is -1.52. The lowest BCUT2D eigenvalue weighted by molar-refractivity contribution is 0.320.